The van der Waals surface area contributed by atoms with Crippen LogP contribution in [-0.2, 0) is 4.79 Å². The zero-order chi connectivity index (χ0) is 13.7. The lowest BCUT2D eigenvalue weighted by Gasteiger charge is -2.15. The number of hydrogen-bond acceptors (Lipinski definition) is 3. The molecule has 0 atom stereocenters. The number of likely N-dealkylation sites (N-methyl/N-ethyl adjacent to an activating group) is 1. The topological polar surface area (TPSA) is 66.8 Å². The zero-order valence-electron chi connectivity index (χ0n) is 10.1. The summed E-state index contributed by atoms with van der Waals surface area (Å²) in [5, 5.41) is 8.87. The standard InChI is InChI=1S/C12H14INO4/c1-3-14(2)11(15)7-18-10-6-8(12(16)17)4-5-9(10)13/h4-6H,3,7H2,1-2H3,(H,16,17). The number of carbonyl (C=O) groups excluding carboxylic acids is 1. The summed E-state index contributed by atoms with van der Waals surface area (Å²) in [6.45, 7) is 2.38. The monoisotopic (exact) mass is 363 g/mol. The van der Waals surface area contributed by atoms with E-state index < -0.39 is 5.97 Å². The number of carbonyl (C=O) groups is 2. The number of carboxylic acids is 1. The minimum atomic E-state index is -1.02. The Hall–Kier alpha value is -1.31. The van der Waals surface area contributed by atoms with Gasteiger partial charge in [0, 0.05) is 13.6 Å². The minimum absolute atomic E-state index is 0.0938. The van der Waals surface area contributed by atoms with Gasteiger partial charge in [0.1, 0.15) is 5.75 Å². The molecule has 0 aliphatic heterocycles. The molecule has 0 bridgehead atoms. The van der Waals surface area contributed by atoms with Crippen LogP contribution < -0.4 is 4.74 Å². The number of amides is 1. The third-order valence-corrected chi connectivity index (χ3v) is 3.32. The van der Waals surface area contributed by atoms with Crippen molar-refractivity contribution < 1.29 is 19.4 Å². The van der Waals surface area contributed by atoms with Crippen molar-refractivity contribution in [3.8, 4) is 5.75 Å². The molecule has 1 aromatic carbocycles. The van der Waals surface area contributed by atoms with Gasteiger partial charge in [0.25, 0.3) is 5.91 Å². The third kappa shape index (κ3) is 3.86. The summed E-state index contributed by atoms with van der Waals surface area (Å²) in [7, 11) is 1.68. The Morgan fingerprint density at radius 1 is 1.44 bits per heavy atom. The van der Waals surface area contributed by atoms with Gasteiger partial charge in [0.15, 0.2) is 6.61 Å². The van der Waals surface area contributed by atoms with Crippen molar-refractivity contribution in [1.82, 2.24) is 4.90 Å². The second kappa shape index (κ2) is 6.58. The lowest BCUT2D eigenvalue weighted by atomic mass is 10.2. The van der Waals surface area contributed by atoms with Crippen LogP contribution in [0.3, 0.4) is 0 Å². The van der Waals surface area contributed by atoms with Gasteiger partial charge in [-0.1, -0.05) is 0 Å². The third-order valence-electron chi connectivity index (χ3n) is 2.43. The van der Waals surface area contributed by atoms with E-state index in [0.717, 1.165) is 3.57 Å². The summed E-state index contributed by atoms with van der Waals surface area (Å²) in [6.07, 6.45) is 0. The summed E-state index contributed by atoms with van der Waals surface area (Å²) in [5.41, 5.74) is 0.140. The molecule has 18 heavy (non-hydrogen) atoms. The highest BCUT2D eigenvalue weighted by molar-refractivity contribution is 14.1. The van der Waals surface area contributed by atoms with Crippen molar-refractivity contribution >= 4 is 34.5 Å². The molecule has 0 aliphatic carbocycles. The number of halogens is 1. The molecule has 1 amide bonds. The fourth-order valence-corrected chi connectivity index (χ4v) is 1.66. The number of carboxylic acid groups (broad SMARTS) is 1. The van der Waals surface area contributed by atoms with Crippen LogP contribution in [0.15, 0.2) is 18.2 Å². The molecule has 0 saturated heterocycles. The summed E-state index contributed by atoms with van der Waals surface area (Å²) in [4.78, 5) is 23.9. The van der Waals surface area contributed by atoms with Crippen molar-refractivity contribution in [2.24, 2.45) is 0 Å². The number of aromatic carboxylic acids is 1. The molecule has 1 aromatic rings. The molecular formula is C12H14INO4. The van der Waals surface area contributed by atoms with Crippen LogP contribution in [0.4, 0.5) is 0 Å². The van der Waals surface area contributed by atoms with Crippen LogP contribution in [0.2, 0.25) is 0 Å². The van der Waals surface area contributed by atoms with E-state index in [-0.39, 0.29) is 18.1 Å². The van der Waals surface area contributed by atoms with Gasteiger partial charge in [-0.05, 0) is 47.7 Å². The first-order valence-electron chi connectivity index (χ1n) is 5.35. The SMILES string of the molecule is CCN(C)C(=O)COc1cc(C(=O)O)ccc1I. The van der Waals surface area contributed by atoms with Gasteiger partial charge in [-0.25, -0.2) is 4.79 Å². The predicted octanol–water partition coefficient (Wildman–Crippen LogP) is 1.85. The van der Waals surface area contributed by atoms with Gasteiger partial charge >= 0.3 is 5.97 Å². The van der Waals surface area contributed by atoms with Gasteiger partial charge in [0.2, 0.25) is 0 Å². The van der Waals surface area contributed by atoms with Gasteiger partial charge in [-0.15, -0.1) is 0 Å². The second-order valence-corrected chi connectivity index (χ2v) is 4.81. The molecule has 5 nitrogen and oxygen atoms in total. The lowest BCUT2D eigenvalue weighted by Crippen LogP contribution is -2.31. The Balaban J connectivity index is 2.75. The van der Waals surface area contributed by atoms with Crippen molar-refractivity contribution in [2.45, 2.75) is 6.92 Å². The molecule has 0 unspecified atom stereocenters. The first-order chi connectivity index (χ1) is 8.45. The molecule has 0 fully saturated rings. The summed E-state index contributed by atoms with van der Waals surface area (Å²) < 4.78 is 6.12. The Morgan fingerprint density at radius 2 is 2.11 bits per heavy atom. The maximum atomic E-state index is 11.6. The summed E-state index contributed by atoms with van der Waals surface area (Å²) in [6, 6.07) is 4.56. The van der Waals surface area contributed by atoms with Crippen LogP contribution in [0.5, 0.6) is 5.75 Å². The highest BCUT2D eigenvalue weighted by Gasteiger charge is 2.11. The zero-order valence-corrected chi connectivity index (χ0v) is 12.3. The van der Waals surface area contributed by atoms with E-state index in [2.05, 4.69) is 0 Å². The number of benzene rings is 1. The van der Waals surface area contributed by atoms with Gasteiger partial charge in [-0.2, -0.15) is 0 Å². The smallest absolute Gasteiger partial charge is 0.335 e. The normalized spacial score (nSPS) is 9.94. The molecule has 0 heterocycles. The quantitative estimate of drug-likeness (QED) is 0.811. The van der Waals surface area contributed by atoms with Crippen molar-refractivity contribution in [1.29, 1.82) is 0 Å². The summed E-state index contributed by atoms with van der Waals surface area (Å²) in [5.74, 6) is -0.754. The van der Waals surface area contributed by atoms with E-state index in [0.29, 0.717) is 12.3 Å². The fourth-order valence-electron chi connectivity index (χ4n) is 1.17. The molecule has 1 rings (SSSR count). The molecule has 1 N–H and O–H groups in total. The average molecular weight is 363 g/mol. The fraction of sp³-hybridized carbons (Fsp3) is 0.333. The van der Waals surface area contributed by atoms with E-state index in [1.54, 1.807) is 13.1 Å². The Kier molecular flexibility index (Phi) is 5.39. The van der Waals surface area contributed by atoms with Crippen LogP contribution in [0, 0.1) is 3.57 Å². The molecule has 6 heteroatoms. The minimum Gasteiger partial charge on any atom is -0.483 e. The molecule has 0 aliphatic rings. The van der Waals surface area contributed by atoms with Crippen molar-refractivity contribution in [3.63, 3.8) is 0 Å². The second-order valence-electron chi connectivity index (χ2n) is 3.65. The Labute approximate surface area is 119 Å². The van der Waals surface area contributed by atoms with E-state index in [1.807, 2.05) is 29.5 Å². The number of rotatable bonds is 5. The van der Waals surface area contributed by atoms with Gasteiger partial charge in [0.05, 0.1) is 9.13 Å². The molecule has 0 aromatic heterocycles. The van der Waals surface area contributed by atoms with Crippen LogP contribution >= 0.6 is 22.6 Å². The average Bonchev–Trinajstić information content (AvgIpc) is 2.36. The van der Waals surface area contributed by atoms with E-state index in [4.69, 9.17) is 9.84 Å². The van der Waals surface area contributed by atoms with Crippen molar-refractivity contribution in [2.75, 3.05) is 20.2 Å². The van der Waals surface area contributed by atoms with Crippen molar-refractivity contribution in [3.05, 3.63) is 27.3 Å². The highest BCUT2D eigenvalue weighted by Crippen LogP contribution is 2.22. The Morgan fingerprint density at radius 3 is 2.67 bits per heavy atom. The van der Waals surface area contributed by atoms with Gasteiger partial charge in [-0.3, -0.25) is 4.79 Å². The largest absolute Gasteiger partial charge is 0.483 e. The lowest BCUT2D eigenvalue weighted by molar-refractivity contribution is -0.131. The molecule has 98 valence electrons. The van der Waals surface area contributed by atoms with Gasteiger partial charge < -0.3 is 14.7 Å². The molecule has 0 radical (unpaired) electrons. The van der Waals surface area contributed by atoms with Crippen LogP contribution in [-0.4, -0.2) is 42.1 Å². The summed E-state index contributed by atoms with van der Waals surface area (Å²) >= 11 is 2.03. The molecule has 0 spiro atoms. The molecule has 0 saturated carbocycles. The predicted molar refractivity (Wildman–Crippen MR) is 74.9 cm³/mol. The first kappa shape index (κ1) is 14.7. The highest BCUT2D eigenvalue weighted by atomic mass is 127. The van der Waals surface area contributed by atoms with E-state index >= 15 is 0 Å². The maximum absolute atomic E-state index is 11.6. The number of nitrogens with zero attached hydrogens (tertiary/aromatic N) is 1. The Bertz CT molecular complexity index is 461. The number of hydrogen-bond donors (Lipinski definition) is 1. The van der Waals surface area contributed by atoms with E-state index in [1.165, 1.54) is 17.0 Å². The van der Waals surface area contributed by atoms with Crippen LogP contribution in [0.1, 0.15) is 17.3 Å². The first-order valence-corrected chi connectivity index (χ1v) is 6.43. The molecular weight excluding hydrogens is 349 g/mol. The number of ether oxygens (including phenoxy) is 1. The van der Waals surface area contributed by atoms with Crippen LogP contribution in [0.25, 0.3) is 0 Å². The van der Waals surface area contributed by atoms with E-state index in [9.17, 15) is 9.59 Å². The maximum Gasteiger partial charge on any atom is 0.335 e.